The van der Waals surface area contributed by atoms with Gasteiger partial charge in [0.15, 0.2) is 11.5 Å². The maximum atomic E-state index is 12.8. The molecule has 0 spiro atoms. The standard InChI is InChI=1S/C19H19N3O5/c20-18(23)15-9-13(5-6-21-15)27-14-2-1-7-22(10-14)19(24)12-3-4-16-17(8-12)26-11-25-16/h3-6,8-9,14H,1-2,7,10-11H2,(H2,20,23). The van der Waals surface area contributed by atoms with Crippen molar-refractivity contribution in [3.63, 3.8) is 0 Å². The highest BCUT2D eigenvalue weighted by Gasteiger charge is 2.27. The van der Waals surface area contributed by atoms with E-state index in [9.17, 15) is 9.59 Å². The van der Waals surface area contributed by atoms with Gasteiger partial charge in [0, 0.05) is 24.4 Å². The zero-order valence-electron chi connectivity index (χ0n) is 14.6. The van der Waals surface area contributed by atoms with Crippen LogP contribution in [0.15, 0.2) is 36.5 Å². The van der Waals surface area contributed by atoms with Crippen LogP contribution in [-0.2, 0) is 0 Å². The first kappa shape index (κ1) is 17.1. The van der Waals surface area contributed by atoms with Crippen LogP contribution in [-0.4, -0.2) is 47.7 Å². The molecule has 2 aliphatic rings. The number of likely N-dealkylation sites (tertiary alicyclic amines) is 1. The number of piperidine rings is 1. The summed E-state index contributed by atoms with van der Waals surface area (Å²) >= 11 is 0. The van der Waals surface area contributed by atoms with Gasteiger partial charge in [-0.3, -0.25) is 14.6 Å². The van der Waals surface area contributed by atoms with E-state index in [-0.39, 0.29) is 24.5 Å². The number of rotatable bonds is 4. The number of pyridine rings is 1. The van der Waals surface area contributed by atoms with Gasteiger partial charge < -0.3 is 24.8 Å². The lowest BCUT2D eigenvalue weighted by molar-refractivity contribution is 0.0537. The minimum absolute atomic E-state index is 0.0749. The maximum absolute atomic E-state index is 12.8. The Bertz CT molecular complexity index is 885. The molecule has 1 aromatic heterocycles. The van der Waals surface area contributed by atoms with E-state index < -0.39 is 5.91 Å². The zero-order chi connectivity index (χ0) is 18.8. The molecular formula is C19H19N3O5. The summed E-state index contributed by atoms with van der Waals surface area (Å²) < 4.78 is 16.6. The maximum Gasteiger partial charge on any atom is 0.267 e. The molecule has 4 rings (SSSR count). The molecule has 1 atom stereocenters. The van der Waals surface area contributed by atoms with Crippen LogP contribution < -0.4 is 19.9 Å². The third-order valence-corrected chi connectivity index (χ3v) is 4.57. The van der Waals surface area contributed by atoms with Gasteiger partial charge in [0.05, 0.1) is 6.54 Å². The molecule has 2 amide bonds. The Hall–Kier alpha value is -3.29. The van der Waals surface area contributed by atoms with Gasteiger partial charge in [-0.1, -0.05) is 0 Å². The van der Waals surface area contributed by atoms with Crippen molar-refractivity contribution in [1.82, 2.24) is 9.88 Å². The predicted octanol–water partition coefficient (Wildman–Crippen LogP) is 1.59. The summed E-state index contributed by atoms with van der Waals surface area (Å²) in [6, 6.07) is 8.38. The quantitative estimate of drug-likeness (QED) is 0.878. The van der Waals surface area contributed by atoms with E-state index in [1.54, 1.807) is 29.2 Å². The van der Waals surface area contributed by atoms with Crippen molar-refractivity contribution < 1.29 is 23.8 Å². The normalized spacial score (nSPS) is 18.2. The topological polar surface area (TPSA) is 104 Å². The van der Waals surface area contributed by atoms with Crippen LogP contribution in [0.3, 0.4) is 0 Å². The number of amides is 2. The lowest BCUT2D eigenvalue weighted by atomic mass is 10.1. The van der Waals surface area contributed by atoms with Crippen molar-refractivity contribution in [3.8, 4) is 17.2 Å². The molecule has 27 heavy (non-hydrogen) atoms. The zero-order valence-corrected chi connectivity index (χ0v) is 14.6. The molecule has 1 unspecified atom stereocenters. The third kappa shape index (κ3) is 3.64. The Morgan fingerprint density at radius 1 is 1.19 bits per heavy atom. The number of hydrogen-bond acceptors (Lipinski definition) is 6. The Morgan fingerprint density at radius 3 is 2.89 bits per heavy atom. The van der Waals surface area contributed by atoms with Gasteiger partial charge >= 0.3 is 0 Å². The van der Waals surface area contributed by atoms with Gasteiger partial charge in [0.1, 0.15) is 17.5 Å². The molecule has 8 heteroatoms. The van der Waals surface area contributed by atoms with Gasteiger partial charge in [-0.2, -0.15) is 0 Å². The second-order valence-corrected chi connectivity index (χ2v) is 6.44. The predicted molar refractivity (Wildman–Crippen MR) is 94.9 cm³/mol. The summed E-state index contributed by atoms with van der Waals surface area (Å²) in [6.45, 7) is 1.29. The minimum Gasteiger partial charge on any atom is -0.488 e. The third-order valence-electron chi connectivity index (χ3n) is 4.57. The molecule has 1 fully saturated rings. The number of ether oxygens (including phenoxy) is 3. The lowest BCUT2D eigenvalue weighted by Gasteiger charge is -2.33. The largest absolute Gasteiger partial charge is 0.488 e. The highest BCUT2D eigenvalue weighted by molar-refractivity contribution is 5.95. The fourth-order valence-corrected chi connectivity index (χ4v) is 3.24. The molecular weight excluding hydrogens is 350 g/mol. The lowest BCUT2D eigenvalue weighted by Crippen LogP contribution is -2.44. The second kappa shape index (κ2) is 7.14. The summed E-state index contributed by atoms with van der Waals surface area (Å²) in [5.41, 5.74) is 5.96. The van der Waals surface area contributed by atoms with E-state index >= 15 is 0 Å². The van der Waals surface area contributed by atoms with Crippen LogP contribution in [0.5, 0.6) is 17.2 Å². The van der Waals surface area contributed by atoms with Crippen LogP contribution in [0.4, 0.5) is 0 Å². The molecule has 8 nitrogen and oxygen atoms in total. The van der Waals surface area contributed by atoms with Crippen molar-refractivity contribution in [2.75, 3.05) is 19.9 Å². The van der Waals surface area contributed by atoms with Gasteiger partial charge in [-0.05, 0) is 37.1 Å². The van der Waals surface area contributed by atoms with Crippen molar-refractivity contribution in [1.29, 1.82) is 0 Å². The molecule has 0 saturated carbocycles. The van der Waals surface area contributed by atoms with E-state index in [1.807, 2.05) is 0 Å². The second-order valence-electron chi connectivity index (χ2n) is 6.44. The molecule has 1 aromatic carbocycles. The monoisotopic (exact) mass is 369 g/mol. The van der Waals surface area contributed by atoms with Gasteiger partial charge in [0.25, 0.3) is 11.8 Å². The van der Waals surface area contributed by atoms with Gasteiger partial charge in [-0.15, -0.1) is 0 Å². The Labute approximate surface area is 155 Å². The summed E-state index contributed by atoms with van der Waals surface area (Å²) in [6.07, 6.45) is 2.96. The molecule has 3 heterocycles. The van der Waals surface area contributed by atoms with Crippen LogP contribution in [0.1, 0.15) is 33.7 Å². The highest BCUT2D eigenvalue weighted by Crippen LogP contribution is 2.33. The van der Waals surface area contributed by atoms with E-state index in [2.05, 4.69) is 4.98 Å². The number of primary amides is 1. The molecule has 0 radical (unpaired) electrons. The SMILES string of the molecule is NC(=O)c1cc(OC2CCCN(C(=O)c3ccc4c(c3)OCO4)C2)ccn1. The summed E-state index contributed by atoms with van der Waals surface area (Å²) in [5, 5.41) is 0. The molecule has 140 valence electrons. The van der Waals surface area contributed by atoms with E-state index in [1.165, 1.54) is 12.3 Å². The van der Waals surface area contributed by atoms with Crippen LogP contribution in [0.25, 0.3) is 0 Å². The first-order valence-corrected chi connectivity index (χ1v) is 8.71. The number of nitrogens with zero attached hydrogens (tertiary/aromatic N) is 2. The summed E-state index contributed by atoms with van der Waals surface area (Å²) in [7, 11) is 0. The number of hydrogen-bond donors (Lipinski definition) is 1. The summed E-state index contributed by atoms with van der Waals surface area (Å²) in [4.78, 5) is 29.8. The van der Waals surface area contributed by atoms with Crippen LogP contribution in [0.2, 0.25) is 0 Å². The van der Waals surface area contributed by atoms with Crippen LogP contribution in [0, 0.1) is 0 Å². The Morgan fingerprint density at radius 2 is 2.04 bits per heavy atom. The van der Waals surface area contributed by atoms with Gasteiger partial charge in [-0.25, -0.2) is 0 Å². The number of aromatic nitrogens is 1. The average molecular weight is 369 g/mol. The van der Waals surface area contributed by atoms with Crippen molar-refractivity contribution in [2.24, 2.45) is 5.73 Å². The van der Waals surface area contributed by atoms with Crippen molar-refractivity contribution >= 4 is 11.8 Å². The molecule has 0 bridgehead atoms. The fraction of sp³-hybridized carbons (Fsp3) is 0.316. The van der Waals surface area contributed by atoms with E-state index in [0.717, 1.165) is 12.8 Å². The molecule has 1 saturated heterocycles. The smallest absolute Gasteiger partial charge is 0.267 e. The molecule has 2 aromatic rings. The number of carbonyl (C=O) groups excluding carboxylic acids is 2. The number of nitrogens with two attached hydrogens (primary N) is 1. The molecule has 2 aliphatic heterocycles. The highest BCUT2D eigenvalue weighted by atomic mass is 16.7. The molecule has 0 aliphatic carbocycles. The van der Waals surface area contributed by atoms with Crippen molar-refractivity contribution in [2.45, 2.75) is 18.9 Å². The van der Waals surface area contributed by atoms with Crippen molar-refractivity contribution in [3.05, 3.63) is 47.8 Å². The van der Waals surface area contributed by atoms with Gasteiger partial charge in [0.2, 0.25) is 6.79 Å². The average Bonchev–Trinajstić information content (AvgIpc) is 3.15. The van der Waals surface area contributed by atoms with E-state index in [4.69, 9.17) is 19.9 Å². The minimum atomic E-state index is -0.608. The first-order valence-electron chi connectivity index (χ1n) is 8.71. The number of carbonyl (C=O) groups is 2. The number of benzene rings is 1. The molecule has 2 N–H and O–H groups in total. The summed E-state index contributed by atoms with van der Waals surface area (Å²) in [5.74, 6) is 1.06. The Balaban J connectivity index is 1.44. The number of fused-ring (bicyclic) bond motifs is 1. The fourth-order valence-electron chi connectivity index (χ4n) is 3.24. The van der Waals surface area contributed by atoms with Crippen LogP contribution >= 0.6 is 0 Å². The Kier molecular flexibility index (Phi) is 4.53. The first-order chi connectivity index (χ1) is 13.1. The van der Waals surface area contributed by atoms with E-state index in [0.29, 0.717) is 35.9 Å².